The van der Waals surface area contributed by atoms with Gasteiger partial charge < -0.3 is 15.8 Å². The average molecular weight is 188 g/mol. The van der Waals surface area contributed by atoms with Crippen molar-refractivity contribution in [2.24, 2.45) is 11.7 Å². The Hall–Kier alpha value is -0.610. The Morgan fingerprint density at radius 1 is 1.62 bits per heavy atom. The van der Waals surface area contributed by atoms with Gasteiger partial charge in [-0.2, -0.15) is 0 Å². The van der Waals surface area contributed by atoms with E-state index in [0.717, 1.165) is 0 Å². The van der Waals surface area contributed by atoms with Gasteiger partial charge in [-0.25, -0.2) is 0 Å². The van der Waals surface area contributed by atoms with Crippen molar-refractivity contribution in [1.29, 1.82) is 0 Å². The van der Waals surface area contributed by atoms with Crippen LogP contribution in [0.25, 0.3) is 0 Å². The summed E-state index contributed by atoms with van der Waals surface area (Å²) in [6, 6.07) is 0. The molecule has 0 aliphatic carbocycles. The summed E-state index contributed by atoms with van der Waals surface area (Å²) in [6.07, 6.45) is 0.301. The topological polar surface area (TPSA) is 64.3 Å². The lowest BCUT2D eigenvalue weighted by molar-refractivity contribution is -0.120. The van der Waals surface area contributed by atoms with Crippen molar-refractivity contribution >= 4 is 5.91 Å². The highest BCUT2D eigenvalue weighted by molar-refractivity contribution is 5.75. The van der Waals surface area contributed by atoms with E-state index < -0.39 is 0 Å². The van der Waals surface area contributed by atoms with Crippen molar-refractivity contribution in [1.82, 2.24) is 5.32 Å². The van der Waals surface area contributed by atoms with Crippen molar-refractivity contribution in [2.45, 2.75) is 25.8 Å². The molecule has 0 saturated carbocycles. The summed E-state index contributed by atoms with van der Waals surface area (Å²) < 4.78 is 5.09. The van der Waals surface area contributed by atoms with E-state index in [1.165, 1.54) is 0 Å². The zero-order chi connectivity index (χ0) is 10.5. The molecule has 0 fully saturated rings. The Morgan fingerprint density at radius 2 is 2.15 bits per heavy atom. The van der Waals surface area contributed by atoms with Gasteiger partial charge in [0.1, 0.15) is 0 Å². The second-order valence-electron chi connectivity index (χ2n) is 3.64. The number of hydrogen-bond acceptors (Lipinski definition) is 3. The fourth-order valence-corrected chi connectivity index (χ4v) is 1.44. The van der Waals surface area contributed by atoms with Gasteiger partial charge in [0.15, 0.2) is 0 Å². The van der Waals surface area contributed by atoms with Gasteiger partial charge in [0.05, 0.1) is 12.1 Å². The second-order valence-corrected chi connectivity index (χ2v) is 3.64. The highest BCUT2D eigenvalue weighted by Gasteiger charge is 2.33. The van der Waals surface area contributed by atoms with Gasteiger partial charge in [0.2, 0.25) is 5.91 Å². The van der Waals surface area contributed by atoms with E-state index in [4.69, 9.17) is 10.5 Å². The van der Waals surface area contributed by atoms with Crippen LogP contribution in [-0.4, -0.2) is 32.2 Å². The van der Waals surface area contributed by atoms with Gasteiger partial charge in [-0.3, -0.25) is 4.79 Å². The maximum Gasteiger partial charge on any atom is 0.219 e. The van der Waals surface area contributed by atoms with Crippen LogP contribution in [0.1, 0.15) is 20.3 Å². The number of nitrogens with two attached hydrogens (primary N) is 1. The van der Waals surface area contributed by atoms with Crippen molar-refractivity contribution in [3.05, 3.63) is 0 Å². The minimum absolute atomic E-state index is 0.296. The summed E-state index contributed by atoms with van der Waals surface area (Å²) >= 11 is 0. The van der Waals surface area contributed by atoms with Crippen LogP contribution in [0.15, 0.2) is 0 Å². The fourth-order valence-electron chi connectivity index (χ4n) is 1.44. The first-order valence-electron chi connectivity index (χ1n) is 4.44. The first-order valence-corrected chi connectivity index (χ1v) is 4.44. The third-order valence-electron chi connectivity index (χ3n) is 2.49. The predicted octanol–water partition coefficient (Wildman–Crippen LogP) is 0.122. The molecule has 0 aliphatic rings. The molecule has 1 unspecified atom stereocenters. The van der Waals surface area contributed by atoms with E-state index in [2.05, 4.69) is 5.32 Å². The van der Waals surface area contributed by atoms with Crippen LogP contribution in [-0.2, 0) is 9.53 Å². The summed E-state index contributed by atoms with van der Waals surface area (Å²) in [5.74, 6) is -0.00921. The first-order chi connectivity index (χ1) is 5.98. The number of rotatable bonds is 6. The van der Waals surface area contributed by atoms with Crippen LogP contribution in [0.2, 0.25) is 0 Å². The standard InChI is InChI=1S/C9H20N2O2/c1-7(2)9(11-3,6-13-4)5-8(10)12/h7,11H,5-6H2,1-4H3,(H2,10,12). The van der Waals surface area contributed by atoms with Crippen molar-refractivity contribution in [2.75, 3.05) is 20.8 Å². The third kappa shape index (κ3) is 3.32. The number of amides is 1. The molecule has 0 heterocycles. The van der Waals surface area contributed by atoms with Crippen LogP contribution in [0.5, 0.6) is 0 Å². The van der Waals surface area contributed by atoms with Crippen LogP contribution >= 0.6 is 0 Å². The van der Waals surface area contributed by atoms with Crippen molar-refractivity contribution in [3.8, 4) is 0 Å². The zero-order valence-electron chi connectivity index (χ0n) is 8.89. The summed E-state index contributed by atoms with van der Waals surface area (Å²) in [5, 5.41) is 3.12. The van der Waals surface area contributed by atoms with Crippen LogP contribution in [0, 0.1) is 5.92 Å². The van der Waals surface area contributed by atoms with E-state index in [0.29, 0.717) is 18.9 Å². The van der Waals surface area contributed by atoms with E-state index >= 15 is 0 Å². The molecule has 0 rings (SSSR count). The maximum absolute atomic E-state index is 10.9. The average Bonchev–Trinajstić information content (AvgIpc) is 2.02. The monoisotopic (exact) mass is 188 g/mol. The Bertz CT molecular complexity index is 171. The van der Waals surface area contributed by atoms with Gasteiger partial charge in [0, 0.05) is 13.5 Å². The molecular formula is C9H20N2O2. The highest BCUT2D eigenvalue weighted by Crippen LogP contribution is 2.20. The minimum Gasteiger partial charge on any atom is -0.383 e. The molecule has 0 aromatic rings. The minimum atomic E-state index is -0.333. The lowest BCUT2D eigenvalue weighted by Crippen LogP contribution is -2.53. The molecule has 0 saturated heterocycles. The molecule has 0 aromatic carbocycles. The lowest BCUT2D eigenvalue weighted by Gasteiger charge is -2.35. The second kappa shape index (κ2) is 5.19. The molecule has 0 spiro atoms. The van der Waals surface area contributed by atoms with E-state index in [1.807, 2.05) is 20.9 Å². The van der Waals surface area contributed by atoms with Crippen molar-refractivity contribution in [3.63, 3.8) is 0 Å². The summed E-state index contributed by atoms with van der Waals surface area (Å²) in [4.78, 5) is 10.9. The number of hydrogen-bond donors (Lipinski definition) is 2. The fraction of sp³-hybridized carbons (Fsp3) is 0.889. The number of primary amides is 1. The summed E-state index contributed by atoms with van der Waals surface area (Å²) in [6.45, 7) is 4.57. The van der Waals surface area contributed by atoms with E-state index in [-0.39, 0.29) is 11.4 Å². The van der Waals surface area contributed by atoms with Gasteiger partial charge in [-0.1, -0.05) is 13.8 Å². The largest absolute Gasteiger partial charge is 0.383 e. The summed E-state index contributed by atoms with van der Waals surface area (Å²) in [7, 11) is 3.44. The molecule has 0 aromatic heterocycles. The molecule has 1 atom stereocenters. The summed E-state index contributed by atoms with van der Waals surface area (Å²) in [5.41, 5.74) is 4.85. The van der Waals surface area contributed by atoms with Crippen LogP contribution in [0.4, 0.5) is 0 Å². The molecule has 78 valence electrons. The highest BCUT2D eigenvalue weighted by atomic mass is 16.5. The van der Waals surface area contributed by atoms with Gasteiger partial charge in [-0.15, -0.1) is 0 Å². The number of ether oxygens (including phenoxy) is 1. The normalized spacial score (nSPS) is 15.8. The molecule has 1 amide bonds. The predicted molar refractivity (Wildman–Crippen MR) is 52.3 cm³/mol. The Kier molecular flexibility index (Phi) is 4.95. The molecule has 0 bridgehead atoms. The quantitative estimate of drug-likeness (QED) is 0.622. The Morgan fingerprint density at radius 3 is 2.38 bits per heavy atom. The number of carbonyl (C=O) groups is 1. The van der Waals surface area contributed by atoms with E-state index in [9.17, 15) is 4.79 Å². The van der Waals surface area contributed by atoms with Crippen LogP contribution in [0.3, 0.4) is 0 Å². The molecule has 4 heteroatoms. The number of likely N-dealkylation sites (N-methyl/N-ethyl adjacent to an activating group) is 1. The Labute approximate surface area is 79.8 Å². The Balaban J connectivity index is 4.53. The molecular weight excluding hydrogens is 168 g/mol. The number of carbonyl (C=O) groups excluding carboxylic acids is 1. The number of methoxy groups -OCH3 is 1. The first kappa shape index (κ1) is 12.4. The molecule has 13 heavy (non-hydrogen) atoms. The molecule has 0 aliphatic heterocycles. The van der Waals surface area contributed by atoms with Gasteiger partial charge >= 0.3 is 0 Å². The maximum atomic E-state index is 10.9. The molecule has 4 nitrogen and oxygen atoms in total. The number of nitrogens with one attached hydrogen (secondary N) is 1. The SMILES string of the molecule is CNC(COC)(CC(N)=O)C(C)C. The van der Waals surface area contributed by atoms with Crippen molar-refractivity contribution < 1.29 is 9.53 Å². The molecule has 0 radical (unpaired) electrons. The third-order valence-corrected chi connectivity index (χ3v) is 2.49. The van der Waals surface area contributed by atoms with Gasteiger partial charge in [-0.05, 0) is 13.0 Å². The molecule has 3 N–H and O–H groups in total. The van der Waals surface area contributed by atoms with Crippen LogP contribution < -0.4 is 11.1 Å². The smallest absolute Gasteiger partial charge is 0.219 e. The zero-order valence-corrected chi connectivity index (χ0v) is 8.89. The van der Waals surface area contributed by atoms with Gasteiger partial charge in [0.25, 0.3) is 0 Å². The lowest BCUT2D eigenvalue weighted by atomic mass is 9.84. The van der Waals surface area contributed by atoms with E-state index in [1.54, 1.807) is 7.11 Å².